The van der Waals surface area contributed by atoms with Crippen molar-refractivity contribution in [2.24, 2.45) is 5.73 Å². The number of nitrogens with zero attached hydrogens (tertiary/aromatic N) is 2. The first-order valence-corrected chi connectivity index (χ1v) is 7.71. The van der Waals surface area contributed by atoms with Crippen LogP contribution >= 0.6 is 0 Å². The van der Waals surface area contributed by atoms with Gasteiger partial charge >= 0.3 is 0 Å². The third-order valence-electron chi connectivity index (χ3n) is 4.77. The summed E-state index contributed by atoms with van der Waals surface area (Å²) in [6, 6.07) is 7.72. The number of fused-ring (bicyclic) bond motifs is 1. The second-order valence-electron chi connectivity index (χ2n) is 5.99. The monoisotopic (exact) mass is 277 g/mol. The van der Waals surface area contributed by atoms with Gasteiger partial charge < -0.3 is 5.73 Å². The average molecular weight is 277 g/mol. The predicted octanol–water partition coefficient (Wildman–Crippen LogP) is 2.00. The Bertz CT molecular complexity index is 451. The SMILES string of the molecule is NCC(c1cccc(F)c1)N1CCN2CCCCC2C1. The minimum atomic E-state index is -0.169. The molecule has 2 aliphatic rings. The summed E-state index contributed by atoms with van der Waals surface area (Å²) >= 11 is 0. The number of hydrogen-bond acceptors (Lipinski definition) is 3. The number of halogens is 1. The molecule has 2 saturated heterocycles. The lowest BCUT2D eigenvalue weighted by molar-refractivity contribution is 0.0286. The quantitative estimate of drug-likeness (QED) is 0.917. The first-order chi connectivity index (χ1) is 9.78. The van der Waals surface area contributed by atoms with Crippen molar-refractivity contribution >= 4 is 0 Å². The van der Waals surface area contributed by atoms with E-state index in [4.69, 9.17) is 5.73 Å². The molecule has 0 bridgehead atoms. The summed E-state index contributed by atoms with van der Waals surface area (Å²) in [6.07, 6.45) is 3.96. The molecule has 2 unspecified atom stereocenters. The van der Waals surface area contributed by atoms with Crippen molar-refractivity contribution in [3.63, 3.8) is 0 Å². The van der Waals surface area contributed by atoms with Gasteiger partial charge in [0.15, 0.2) is 0 Å². The third-order valence-corrected chi connectivity index (χ3v) is 4.77. The van der Waals surface area contributed by atoms with Crippen molar-refractivity contribution in [2.75, 3.05) is 32.7 Å². The molecule has 0 radical (unpaired) electrons. The molecular formula is C16H24FN3. The molecule has 0 spiro atoms. The molecule has 3 nitrogen and oxygen atoms in total. The van der Waals surface area contributed by atoms with Gasteiger partial charge in [-0.3, -0.25) is 9.80 Å². The maximum atomic E-state index is 13.4. The Balaban J connectivity index is 1.73. The molecule has 110 valence electrons. The highest BCUT2D eigenvalue weighted by molar-refractivity contribution is 5.21. The maximum absolute atomic E-state index is 13.4. The second kappa shape index (κ2) is 6.20. The van der Waals surface area contributed by atoms with Crippen LogP contribution in [0.2, 0.25) is 0 Å². The van der Waals surface area contributed by atoms with Gasteiger partial charge in [0.05, 0.1) is 0 Å². The molecule has 2 atom stereocenters. The zero-order valence-electron chi connectivity index (χ0n) is 12.0. The van der Waals surface area contributed by atoms with Crippen LogP contribution in [0.25, 0.3) is 0 Å². The van der Waals surface area contributed by atoms with Crippen LogP contribution in [0.1, 0.15) is 30.9 Å². The molecular weight excluding hydrogens is 253 g/mol. The molecule has 4 heteroatoms. The lowest BCUT2D eigenvalue weighted by atomic mass is 9.97. The topological polar surface area (TPSA) is 32.5 Å². The summed E-state index contributed by atoms with van der Waals surface area (Å²) < 4.78 is 13.4. The number of piperidine rings is 1. The smallest absolute Gasteiger partial charge is 0.123 e. The predicted molar refractivity (Wildman–Crippen MR) is 79.0 cm³/mol. The minimum absolute atomic E-state index is 0.148. The number of rotatable bonds is 3. The fourth-order valence-corrected chi connectivity index (χ4v) is 3.67. The van der Waals surface area contributed by atoms with E-state index in [9.17, 15) is 4.39 Å². The Labute approximate surface area is 120 Å². The molecule has 2 aliphatic heterocycles. The molecule has 0 saturated carbocycles. The molecule has 0 aliphatic carbocycles. The molecule has 2 N–H and O–H groups in total. The summed E-state index contributed by atoms with van der Waals surface area (Å²) in [5.74, 6) is -0.169. The van der Waals surface area contributed by atoms with E-state index in [0.717, 1.165) is 25.2 Å². The molecule has 1 aromatic carbocycles. The molecule has 0 amide bonds. The highest BCUT2D eigenvalue weighted by Crippen LogP contribution is 2.27. The molecule has 2 fully saturated rings. The highest BCUT2D eigenvalue weighted by atomic mass is 19.1. The van der Waals surface area contributed by atoms with Gasteiger partial charge in [0.25, 0.3) is 0 Å². The molecule has 1 aromatic rings. The summed E-state index contributed by atoms with van der Waals surface area (Å²) in [5, 5.41) is 0. The van der Waals surface area contributed by atoms with Gasteiger partial charge in [-0.05, 0) is 37.1 Å². The van der Waals surface area contributed by atoms with Crippen molar-refractivity contribution < 1.29 is 4.39 Å². The van der Waals surface area contributed by atoms with Crippen LogP contribution < -0.4 is 5.73 Å². The van der Waals surface area contributed by atoms with Gasteiger partial charge in [-0.15, -0.1) is 0 Å². The number of nitrogens with two attached hydrogens (primary N) is 1. The Kier molecular flexibility index (Phi) is 4.34. The van der Waals surface area contributed by atoms with E-state index < -0.39 is 0 Å². The van der Waals surface area contributed by atoms with Gasteiger partial charge in [-0.1, -0.05) is 18.6 Å². The average Bonchev–Trinajstić information content (AvgIpc) is 2.48. The van der Waals surface area contributed by atoms with Gasteiger partial charge in [0, 0.05) is 38.3 Å². The van der Waals surface area contributed by atoms with Crippen LogP contribution in [0, 0.1) is 5.82 Å². The summed E-state index contributed by atoms with van der Waals surface area (Å²) in [7, 11) is 0. The van der Waals surface area contributed by atoms with E-state index in [0.29, 0.717) is 12.6 Å². The molecule has 2 heterocycles. The molecule has 0 aromatic heterocycles. The number of benzene rings is 1. The first kappa shape index (κ1) is 14.0. The zero-order valence-corrected chi connectivity index (χ0v) is 12.0. The van der Waals surface area contributed by atoms with E-state index in [1.807, 2.05) is 6.07 Å². The normalized spacial score (nSPS) is 26.2. The fraction of sp³-hybridized carbons (Fsp3) is 0.625. The van der Waals surface area contributed by atoms with E-state index >= 15 is 0 Å². The van der Waals surface area contributed by atoms with Gasteiger partial charge in [-0.25, -0.2) is 4.39 Å². The van der Waals surface area contributed by atoms with Gasteiger partial charge in [0.1, 0.15) is 5.82 Å². The number of piperazine rings is 1. The Morgan fingerprint density at radius 1 is 1.25 bits per heavy atom. The second-order valence-corrected chi connectivity index (χ2v) is 5.99. The maximum Gasteiger partial charge on any atom is 0.123 e. The largest absolute Gasteiger partial charge is 0.329 e. The van der Waals surface area contributed by atoms with Crippen LogP contribution in [0.4, 0.5) is 4.39 Å². The minimum Gasteiger partial charge on any atom is -0.329 e. The summed E-state index contributed by atoms with van der Waals surface area (Å²) in [4.78, 5) is 5.06. The molecule has 20 heavy (non-hydrogen) atoms. The van der Waals surface area contributed by atoms with Crippen molar-refractivity contribution in [3.05, 3.63) is 35.6 Å². The van der Waals surface area contributed by atoms with E-state index in [1.54, 1.807) is 12.1 Å². The molecule has 3 rings (SSSR count). The van der Waals surface area contributed by atoms with Crippen LogP contribution in [-0.2, 0) is 0 Å². The summed E-state index contributed by atoms with van der Waals surface area (Å²) in [6.45, 7) is 5.02. The van der Waals surface area contributed by atoms with Crippen LogP contribution in [0.3, 0.4) is 0 Å². The standard InChI is InChI=1S/C16H24FN3/c17-14-5-3-4-13(10-14)16(11-18)20-9-8-19-7-2-1-6-15(19)12-20/h3-5,10,15-16H,1-2,6-9,11-12,18H2. The zero-order chi connectivity index (χ0) is 13.9. The van der Waals surface area contributed by atoms with Gasteiger partial charge in [-0.2, -0.15) is 0 Å². The summed E-state index contributed by atoms with van der Waals surface area (Å²) in [5.41, 5.74) is 6.99. The van der Waals surface area contributed by atoms with Crippen molar-refractivity contribution in [2.45, 2.75) is 31.3 Å². The van der Waals surface area contributed by atoms with Crippen LogP contribution in [0.5, 0.6) is 0 Å². The lowest BCUT2D eigenvalue weighted by Crippen LogP contribution is -2.56. The lowest BCUT2D eigenvalue weighted by Gasteiger charge is -2.46. The fourth-order valence-electron chi connectivity index (χ4n) is 3.67. The van der Waals surface area contributed by atoms with E-state index in [2.05, 4.69) is 9.80 Å². The van der Waals surface area contributed by atoms with Crippen molar-refractivity contribution in [1.82, 2.24) is 9.80 Å². The van der Waals surface area contributed by atoms with Crippen LogP contribution in [-0.4, -0.2) is 48.6 Å². The Hall–Kier alpha value is -0.970. The first-order valence-electron chi connectivity index (χ1n) is 7.71. The van der Waals surface area contributed by atoms with E-state index in [1.165, 1.54) is 31.9 Å². The highest BCUT2D eigenvalue weighted by Gasteiger charge is 2.32. The van der Waals surface area contributed by atoms with Gasteiger partial charge in [0.2, 0.25) is 0 Å². The third kappa shape index (κ3) is 2.87. The van der Waals surface area contributed by atoms with Crippen molar-refractivity contribution in [1.29, 1.82) is 0 Å². The Morgan fingerprint density at radius 2 is 2.15 bits per heavy atom. The Morgan fingerprint density at radius 3 is 2.95 bits per heavy atom. The number of hydrogen-bond donors (Lipinski definition) is 1. The van der Waals surface area contributed by atoms with Crippen molar-refractivity contribution in [3.8, 4) is 0 Å². The van der Waals surface area contributed by atoms with Crippen LogP contribution in [0.15, 0.2) is 24.3 Å². The van der Waals surface area contributed by atoms with E-state index in [-0.39, 0.29) is 11.9 Å².